The topological polar surface area (TPSA) is 30.5 Å². The van der Waals surface area contributed by atoms with Crippen LogP contribution in [-0.4, -0.2) is 19.8 Å². The third-order valence-corrected chi connectivity index (χ3v) is 4.25. The fourth-order valence-electron chi connectivity index (χ4n) is 3.10. The number of ether oxygens (including phenoxy) is 2. The van der Waals surface area contributed by atoms with E-state index in [1.54, 1.807) is 7.11 Å². The van der Waals surface area contributed by atoms with Crippen molar-refractivity contribution in [2.45, 2.75) is 58.5 Å². The molecule has 1 aliphatic carbocycles. The first kappa shape index (κ1) is 16.2. The van der Waals surface area contributed by atoms with Crippen LogP contribution in [0.2, 0.25) is 0 Å². The molecule has 21 heavy (non-hydrogen) atoms. The van der Waals surface area contributed by atoms with Crippen molar-refractivity contribution in [1.82, 2.24) is 5.32 Å². The minimum absolute atomic E-state index is 0.638. The molecule has 1 aromatic rings. The second kappa shape index (κ2) is 8.28. The van der Waals surface area contributed by atoms with Crippen molar-refractivity contribution in [2.75, 3.05) is 13.7 Å². The molecular weight excluding hydrogens is 262 g/mol. The van der Waals surface area contributed by atoms with Crippen LogP contribution in [0.15, 0.2) is 18.2 Å². The molecule has 118 valence electrons. The largest absolute Gasteiger partial charge is 0.493 e. The van der Waals surface area contributed by atoms with Gasteiger partial charge in [0.2, 0.25) is 0 Å². The Labute approximate surface area is 129 Å². The molecular formula is C18H29NO2. The van der Waals surface area contributed by atoms with Gasteiger partial charge in [-0.15, -0.1) is 0 Å². The predicted molar refractivity (Wildman–Crippen MR) is 87.0 cm³/mol. The summed E-state index contributed by atoms with van der Waals surface area (Å²) in [6.45, 7) is 6.06. The van der Waals surface area contributed by atoms with Gasteiger partial charge in [-0.05, 0) is 31.2 Å². The Morgan fingerprint density at radius 3 is 2.86 bits per heavy atom. The lowest BCUT2D eigenvalue weighted by Gasteiger charge is -2.28. The normalized spacial score (nSPS) is 22.0. The first-order chi connectivity index (χ1) is 10.2. The maximum Gasteiger partial charge on any atom is 0.165 e. The Hall–Kier alpha value is -1.22. The molecule has 0 amide bonds. The molecule has 0 heterocycles. The van der Waals surface area contributed by atoms with Crippen LogP contribution < -0.4 is 14.8 Å². The van der Waals surface area contributed by atoms with Crippen LogP contribution in [0.25, 0.3) is 0 Å². The van der Waals surface area contributed by atoms with E-state index >= 15 is 0 Å². The molecule has 0 spiro atoms. The van der Waals surface area contributed by atoms with Crippen molar-refractivity contribution in [3.8, 4) is 11.5 Å². The number of hydrogen-bond acceptors (Lipinski definition) is 3. The van der Waals surface area contributed by atoms with Gasteiger partial charge in [0.25, 0.3) is 0 Å². The van der Waals surface area contributed by atoms with E-state index in [1.807, 2.05) is 12.1 Å². The molecule has 2 rings (SSSR count). The second-order valence-corrected chi connectivity index (χ2v) is 6.15. The van der Waals surface area contributed by atoms with E-state index in [9.17, 15) is 0 Å². The van der Waals surface area contributed by atoms with Crippen LogP contribution in [0.3, 0.4) is 0 Å². The van der Waals surface area contributed by atoms with E-state index in [2.05, 4.69) is 25.2 Å². The highest BCUT2D eigenvalue weighted by Crippen LogP contribution is 2.32. The molecule has 1 N–H and O–H groups in total. The molecule has 0 aliphatic heterocycles. The van der Waals surface area contributed by atoms with Gasteiger partial charge in [0.1, 0.15) is 0 Å². The number of nitrogens with one attached hydrogen (secondary N) is 1. The second-order valence-electron chi connectivity index (χ2n) is 6.15. The summed E-state index contributed by atoms with van der Waals surface area (Å²) in [5, 5.41) is 3.70. The van der Waals surface area contributed by atoms with Crippen molar-refractivity contribution in [2.24, 2.45) is 5.92 Å². The maximum atomic E-state index is 5.90. The third kappa shape index (κ3) is 4.63. The lowest BCUT2D eigenvalue weighted by Crippen LogP contribution is -2.33. The Morgan fingerprint density at radius 2 is 2.14 bits per heavy atom. The first-order valence-electron chi connectivity index (χ1n) is 8.26. The molecule has 2 atom stereocenters. The minimum atomic E-state index is 0.638. The number of para-hydroxylation sites is 1. The smallest absolute Gasteiger partial charge is 0.165 e. The molecule has 1 aliphatic rings. The van der Waals surface area contributed by atoms with Crippen molar-refractivity contribution >= 4 is 0 Å². The lowest BCUT2D eigenvalue weighted by molar-refractivity contribution is 0.282. The molecule has 0 radical (unpaired) electrons. The van der Waals surface area contributed by atoms with Crippen molar-refractivity contribution in [1.29, 1.82) is 0 Å². The zero-order valence-corrected chi connectivity index (χ0v) is 13.7. The van der Waals surface area contributed by atoms with Gasteiger partial charge in [-0.3, -0.25) is 0 Å². The van der Waals surface area contributed by atoms with Gasteiger partial charge in [0.15, 0.2) is 11.5 Å². The molecule has 0 aromatic heterocycles. The zero-order valence-electron chi connectivity index (χ0n) is 13.7. The van der Waals surface area contributed by atoms with E-state index in [4.69, 9.17) is 9.47 Å². The summed E-state index contributed by atoms with van der Waals surface area (Å²) >= 11 is 0. The quantitative estimate of drug-likeness (QED) is 0.818. The molecule has 1 saturated carbocycles. The van der Waals surface area contributed by atoms with Crippen molar-refractivity contribution < 1.29 is 9.47 Å². The average Bonchev–Trinajstić information content (AvgIpc) is 2.51. The van der Waals surface area contributed by atoms with Gasteiger partial charge < -0.3 is 14.8 Å². The Balaban J connectivity index is 2.00. The van der Waals surface area contributed by atoms with E-state index in [0.717, 1.165) is 37.0 Å². The highest BCUT2D eigenvalue weighted by molar-refractivity contribution is 5.46. The Bertz CT molecular complexity index is 433. The van der Waals surface area contributed by atoms with E-state index in [1.165, 1.54) is 31.2 Å². The summed E-state index contributed by atoms with van der Waals surface area (Å²) in [6, 6.07) is 6.78. The monoisotopic (exact) mass is 291 g/mol. The van der Waals surface area contributed by atoms with Gasteiger partial charge >= 0.3 is 0 Å². The van der Waals surface area contributed by atoms with Crippen LogP contribution in [0.1, 0.15) is 51.5 Å². The molecule has 1 fully saturated rings. The van der Waals surface area contributed by atoms with Crippen LogP contribution in [0.4, 0.5) is 0 Å². The summed E-state index contributed by atoms with van der Waals surface area (Å²) in [7, 11) is 1.70. The molecule has 3 nitrogen and oxygen atoms in total. The lowest BCUT2D eigenvalue weighted by atomic mass is 9.87. The molecule has 0 bridgehead atoms. The van der Waals surface area contributed by atoms with E-state index in [0.29, 0.717) is 6.04 Å². The Kier molecular flexibility index (Phi) is 6.37. The molecule has 3 heteroatoms. The van der Waals surface area contributed by atoms with Gasteiger partial charge in [-0.1, -0.05) is 38.8 Å². The first-order valence-corrected chi connectivity index (χ1v) is 8.26. The third-order valence-electron chi connectivity index (χ3n) is 4.25. The molecule has 1 aromatic carbocycles. The van der Waals surface area contributed by atoms with Crippen LogP contribution in [0, 0.1) is 5.92 Å². The van der Waals surface area contributed by atoms with E-state index in [-0.39, 0.29) is 0 Å². The maximum absolute atomic E-state index is 5.90. The summed E-state index contributed by atoms with van der Waals surface area (Å²) < 4.78 is 11.3. The van der Waals surface area contributed by atoms with E-state index < -0.39 is 0 Å². The van der Waals surface area contributed by atoms with Crippen LogP contribution >= 0.6 is 0 Å². The number of rotatable bonds is 7. The fourth-order valence-corrected chi connectivity index (χ4v) is 3.10. The number of methoxy groups -OCH3 is 1. The summed E-state index contributed by atoms with van der Waals surface area (Å²) in [6.07, 6.45) is 6.30. The summed E-state index contributed by atoms with van der Waals surface area (Å²) in [5.41, 5.74) is 1.20. The number of hydrogen-bond donors (Lipinski definition) is 1. The highest BCUT2D eigenvalue weighted by atomic mass is 16.5. The van der Waals surface area contributed by atoms with Crippen LogP contribution in [-0.2, 0) is 6.54 Å². The van der Waals surface area contributed by atoms with Gasteiger partial charge in [-0.25, -0.2) is 0 Å². The standard InChI is InChI=1S/C18H29NO2/c1-4-11-21-18-15(8-6-10-17(18)20-3)13-19-16-9-5-7-14(2)12-16/h6,8,10,14,16,19H,4-5,7,9,11-13H2,1-3H3. The minimum Gasteiger partial charge on any atom is -0.493 e. The van der Waals surface area contributed by atoms with Crippen LogP contribution in [0.5, 0.6) is 11.5 Å². The van der Waals surface area contributed by atoms with Gasteiger partial charge in [0.05, 0.1) is 13.7 Å². The summed E-state index contributed by atoms with van der Waals surface area (Å²) in [5.74, 6) is 2.58. The number of benzene rings is 1. The molecule has 0 saturated heterocycles. The zero-order chi connectivity index (χ0) is 15.1. The van der Waals surface area contributed by atoms with Crippen molar-refractivity contribution in [3.63, 3.8) is 0 Å². The average molecular weight is 291 g/mol. The summed E-state index contributed by atoms with van der Waals surface area (Å²) in [4.78, 5) is 0. The Morgan fingerprint density at radius 1 is 1.29 bits per heavy atom. The van der Waals surface area contributed by atoms with Crippen molar-refractivity contribution in [3.05, 3.63) is 23.8 Å². The fraction of sp³-hybridized carbons (Fsp3) is 0.667. The highest BCUT2D eigenvalue weighted by Gasteiger charge is 2.19. The molecule has 2 unspecified atom stereocenters. The predicted octanol–water partition coefficient (Wildman–Crippen LogP) is 4.15. The SMILES string of the molecule is CCCOc1c(CNC2CCCC(C)C2)cccc1OC. The van der Waals surface area contributed by atoms with Gasteiger partial charge in [-0.2, -0.15) is 0 Å². The van der Waals surface area contributed by atoms with Gasteiger partial charge in [0, 0.05) is 18.2 Å².